The number of rotatable bonds is 5. The Bertz CT molecular complexity index is 1070. The van der Waals surface area contributed by atoms with Crippen LogP contribution in [0.3, 0.4) is 0 Å². The quantitative estimate of drug-likeness (QED) is 0.528. The molecule has 134 valence electrons. The third-order valence-corrected chi connectivity index (χ3v) is 3.78. The van der Waals surface area contributed by atoms with Crippen molar-refractivity contribution in [2.45, 2.75) is 0 Å². The lowest BCUT2D eigenvalue weighted by atomic mass is 10.2. The monoisotopic (exact) mass is 362 g/mol. The number of fused-ring (bicyclic) bond motifs is 1. The summed E-state index contributed by atoms with van der Waals surface area (Å²) in [5.41, 5.74) is 1.82. The molecule has 4 aromatic rings. The lowest BCUT2D eigenvalue weighted by molar-refractivity contribution is -0.119. The SMILES string of the molecule is O=C(COC(=O)c1cc2ccccc2[nH]1)Nc1nnc(-c2ccccc2)o1. The molecule has 0 saturated carbocycles. The second-order valence-electron chi connectivity index (χ2n) is 5.67. The molecule has 0 bridgehead atoms. The highest BCUT2D eigenvalue weighted by Gasteiger charge is 2.15. The van der Waals surface area contributed by atoms with Crippen molar-refractivity contribution in [1.82, 2.24) is 15.2 Å². The van der Waals surface area contributed by atoms with Crippen LogP contribution in [0.2, 0.25) is 0 Å². The minimum absolute atomic E-state index is 0.0690. The number of nitrogens with one attached hydrogen (secondary N) is 2. The van der Waals surface area contributed by atoms with E-state index < -0.39 is 18.5 Å². The number of nitrogens with zero attached hydrogens (tertiary/aromatic N) is 2. The maximum Gasteiger partial charge on any atom is 0.355 e. The predicted molar refractivity (Wildman–Crippen MR) is 96.9 cm³/mol. The number of hydrogen-bond donors (Lipinski definition) is 2. The largest absolute Gasteiger partial charge is 0.451 e. The average molecular weight is 362 g/mol. The number of esters is 1. The molecule has 2 N–H and O–H groups in total. The minimum Gasteiger partial charge on any atom is -0.451 e. The summed E-state index contributed by atoms with van der Waals surface area (Å²) in [7, 11) is 0. The molecule has 2 aromatic heterocycles. The molecule has 0 fully saturated rings. The van der Waals surface area contributed by atoms with Gasteiger partial charge in [0.05, 0.1) is 0 Å². The molecule has 27 heavy (non-hydrogen) atoms. The average Bonchev–Trinajstić information content (AvgIpc) is 3.33. The number of aromatic nitrogens is 3. The zero-order chi connectivity index (χ0) is 18.6. The molecule has 0 spiro atoms. The number of benzene rings is 2. The zero-order valence-corrected chi connectivity index (χ0v) is 14.0. The molecule has 2 heterocycles. The van der Waals surface area contributed by atoms with E-state index >= 15 is 0 Å². The molecule has 0 atom stereocenters. The van der Waals surface area contributed by atoms with Crippen molar-refractivity contribution >= 4 is 28.8 Å². The highest BCUT2D eigenvalue weighted by Crippen LogP contribution is 2.19. The number of ether oxygens (including phenoxy) is 1. The Morgan fingerprint density at radius 3 is 2.63 bits per heavy atom. The fraction of sp³-hybridized carbons (Fsp3) is 0.0526. The van der Waals surface area contributed by atoms with Crippen LogP contribution >= 0.6 is 0 Å². The maximum atomic E-state index is 12.1. The molecule has 0 aliphatic carbocycles. The maximum absolute atomic E-state index is 12.1. The zero-order valence-electron chi connectivity index (χ0n) is 14.0. The Kier molecular flexibility index (Phi) is 4.36. The smallest absolute Gasteiger partial charge is 0.355 e. The van der Waals surface area contributed by atoms with Crippen LogP contribution in [0, 0.1) is 0 Å². The number of hydrogen-bond acceptors (Lipinski definition) is 6. The molecule has 0 radical (unpaired) electrons. The summed E-state index contributed by atoms with van der Waals surface area (Å²) in [4.78, 5) is 27.0. The Labute approximate surface area is 153 Å². The van der Waals surface area contributed by atoms with Gasteiger partial charge in [-0.05, 0) is 24.3 Å². The van der Waals surface area contributed by atoms with E-state index in [2.05, 4.69) is 20.5 Å². The van der Waals surface area contributed by atoms with E-state index in [1.807, 2.05) is 42.5 Å². The van der Waals surface area contributed by atoms with Crippen LogP contribution in [0.1, 0.15) is 10.5 Å². The van der Waals surface area contributed by atoms with E-state index in [9.17, 15) is 9.59 Å². The summed E-state index contributed by atoms with van der Waals surface area (Å²) >= 11 is 0. The molecule has 8 nitrogen and oxygen atoms in total. The van der Waals surface area contributed by atoms with Crippen LogP contribution in [-0.4, -0.2) is 33.7 Å². The molecule has 4 rings (SSSR count). The van der Waals surface area contributed by atoms with Gasteiger partial charge in [-0.2, -0.15) is 0 Å². The van der Waals surface area contributed by atoms with Gasteiger partial charge in [-0.1, -0.05) is 41.5 Å². The lowest BCUT2D eigenvalue weighted by Crippen LogP contribution is -2.21. The minimum atomic E-state index is -0.628. The Morgan fingerprint density at radius 2 is 1.81 bits per heavy atom. The van der Waals surface area contributed by atoms with Crippen LogP contribution in [0.4, 0.5) is 6.01 Å². The molecule has 0 saturated heterocycles. The summed E-state index contributed by atoms with van der Waals surface area (Å²) < 4.78 is 10.4. The van der Waals surface area contributed by atoms with Crippen molar-refractivity contribution < 1.29 is 18.7 Å². The van der Waals surface area contributed by atoms with Gasteiger partial charge < -0.3 is 14.1 Å². The van der Waals surface area contributed by atoms with Crippen molar-refractivity contribution in [3.8, 4) is 11.5 Å². The summed E-state index contributed by atoms with van der Waals surface area (Å²) in [5.74, 6) is -0.930. The third kappa shape index (κ3) is 3.69. The van der Waals surface area contributed by atoms with Crippen molar-refractivity contribution in [3.05, 3.63) is 66.4 Å². The third-order valence-electron chi connectivity index (χ3n) is 3.78. The fourth-order valence-electron chi connectivity index (χ4n) is 2.52. The second kappa shape index (κ2) is 7.12. The fourth-order valence-corrected chi connectivity index (χ4v) is 2.52. The van der Waals surface area contributed by atoms with Crippen LogP contribution in [-0.2, 0) is 9.53 Å². The van der Waals surface area contributed by atoms with Gasteiger partial charge in [0.2, 0.25) is 5.89 Å². The number of anilines is 1. The van der Waals surface area contributed by atoms with Gasteiger partial charge in [-0.25, -0.2) is 4.79 Å². The van der Waals surface area contributed by atoms with Crippen LogP contribution in [0.15, 0.2) is 65.1 Å². The number of carbonyl (C=O) groups is 2. The standard InChI is InChI=1S/C19H14N4O4/c24-16(21-19-23-22-17(27-19)12-6-2-1-3-7-12)11-26-18(25)15-10-13-8-4-5-9-14(13)20-15/h1-10,20H,11H2,(H,21,23,24). The number of aromatic amines is 1. The first-order valence-corrected chi connectivity index (χ1v) is 8.13. The molecular formula is C19H14N4O4. The first-order valence-electron chi connectivity index (χ1n) is 8.13. The molecule has 2 aromatic carbocycles. The Morgan fingerprint density at radius 1 is 1.04 bits per heavy atom. The van der Waals surface area contributed by atoms with Gasteiger partial charge >= 0.3 is 12.0 Å². The molecule has 0 aliphatic rings. The first kappa shape index (κ1) is 16.5. The number of amides is 1. The van der Waals surface area contributed by atoms with Gasteiger partial charge in [0, 0.05) is 16.5 Å². The molecule has 0 unspecified atom stereocenters. The number of para-hydroxylation sites is 1. The van der Waals surface area contributed by atoms with Gasteiger partial charge in [0.1, 0.15) is 5.69 Å². The molecule has 8 heteroatoms. The van der Waals surface area contributed by atoms with Gasteiger partial charge in [0.15, 0.2) is 6.61 Å². The highest BCUT2D eigenvalue weighted by molar-refractivity contribution is 5.97. The van der Waals surface area contributed by atoms with E-state index in [0.717, 1.165) is 16.5 Å². The lowest BCUT2D eigenvalue weighted by Gasteiger charge is -2.02. The second-order valence-corrected chi connectivity index (χ2v) is 5.67. The summed E-state index contributed by atoms with van der Waals surface area (Å²) in [5, 5.41) is 10.9. The number of carbonyl (C=O) groups excluding carboxylic acids is 2. The van der Waals surface area contributed by atoms with E-state index in [0.29, 0.717) is 0 Å². The van der Waals surface area contributed by atoms with E-state index in [1.165, 1.54) is 0 Å². The topological polar surface area (TPSA) is 110 Å². The van der Waals surface area contributed by atoms with E-state index in [1.54, 1.807) is 18.2 Å². The molecular weight excluding hydrogens is 348 g/mol. The van der Waals surface area contributed by atoms with Crippen LogP contribution in [0.25, 0.3) is 22.4 Å². The summed E-state index contributed by atoms with van der Waals surface area (Å²) in [6, 6.07) is 18.2. The van der Waals surface area contributed by atoms with Gasteiger partial charge in [-0.3, -0.25) is 10.1 Å². The van der Waals surface area contributed by atoms with Crippen LogP contribution in [0.5, 0.6) is 0 Å². The van der Waals surface area contributed by atoms with Gasteiger partial charge in [0.25, 0.3) is 5.91 Å². The van der Waals surface area contributed by atoms with E-state index in [4.69, 9.17) is 9.15 Å². The molecule has 0 aliphatic heterocycles. The predicted octanol–water partition coefficient (Wildman–Crippen LogP) is 3.01. The van der Waals surface area contributed by atoms with Gasteiger partial charge in [-0.15, -0.1) is 5.10 Å². The van der Waals surface area contributed by atoms with Crippen molar-refractivity contribution in [1.29, 1.82) is 0 Å². The van der Waals surface area contributed by atoms with E-state index in [-0.39, 0.29) is 17.6 Å². The first-order chi connectivity index (χ1) is 13.2. The normalized spacial score (nSPS) is 10.7. The van der Waals surface area contributed by atoms with Crippen molar-refractivity contribution in [3.63, 3.8) is 0 Å². The highest BCUT2D eigenvalue weighted by atomic mass is 16.5. The Balaban J connectivity index is 1.34. The summed E-state index contributed by atoms with van der Waals surface area (Å²) in [6.07, 6.45) is 0. The van der Waals surface area contributed by atoms with Crippen LogP contribution < -0.4 is 5.32 Å². The summed E-state index contributed by atoms with van der Waals surface area (Å²) in [6.45, 7) is -0.475. The number of H-pyrrole nitrogens is 1. The van der Waals surface area contributed by atoms with Crippen molar-refractivity contribution in [2.24, 2.45) is 0 Å². The molecule has 1 amide bonds. The Hall–Kier alpha value is -3.94. The van der Waals surface area contributed by atoms with Crippen molar-refractivity contribution in [2.75, 3.05) is 11.9 Å².